The zero-order valence-corrected chi connectivity index (χ0v) is 14.1. The molecule has 0 aliphatic carbocycles. The van der Waals surface area contributed by atoms with E-state index in [1.54, 1.807) is 0 Å². The molecule has 1 aromatic rings. The summed E-state index contributed by atoms with van der Waals surface area (Å²) in [6.07, 6.45) is 1.94. The van der Waals surface area contributed by atoms with Gasteiger partial charge in [-0.25, -0.2) is 9.97 Å². The summed E-state index contributed by atoms with van der Waals surface area (Å²) in [5, 5.41) is 3.43. The van der Waals surface area contributed by atoms with Gasteiger partial charge in [-0.2, -0.15) is 0 Å². The van der Waals surface area contributed by atoms with Crippen LogP contribution in [0.5, 0.6) is 0 Å². The van der Waals surface area contributed by atoms with Crippen molar-refractivity contribution in [1.29, 1.82) is 0 Å². The van der Waals surface area contributed by atoms with Crippen LogP contribution < -0.4 is 10.2 Å². The second kappa shape index (κ2) is 9.68. The van der Waals surface area contributed by atoms with Gasteiger partial charge in [-0.1, -0.05) is 13.8 Å². The Hall–Kier alpha value is -1.20. The van der Waals surface area contributed by atoms with Crippen molar-refractivity contribution in [3.8, 4) is 0 Å². The maximum atomic E-state index is 5.41. The van der Waals surface area contributed by atoms with Gasteiger partial charge in [-0.15, -0.1) is 0 Å². The van der Waals surface area contributed by atoms with Crippen LogP contribution >= 0.6 is 0 Å². The standard InChI is InChI=1S/C16H30N4O/c1-6-20(8-9-21-7-2)16-18-12-15(14(5)19-16)11-17-10-13(3)4/h12-13,17H,6-11H2,1-5H3. The van der Waals surface area contributed by atoms with E-state index in [-0.39, 0.29) is 0 Å². The first-order valence-corrected chi connectivity index (χ1v) is 7.94. The van der Waals surface area contributed by atoms with E-state index in [4.69, 9.17) is 4.74 Å². The van der Waals surface area contributed by atoms with Gasteiger partial charge in [0.2, 0.25) is 5.95 Å². The Morgan fingerprint density at radius 1 is 1.33 bits per heavy atom. The normalized spacial score (nSPS) is 11.1. The van der Waals surface area contributed by atoms with E-state index in [9.17, 15) is 0 Å². The van der Waals surface area contributed by atoms with Crippen LogP contribution in [0, 0.1) is 12.8 Å². The molecule has 0 unspecified atom stereocenters. The number of nitrogens with one attached hydrogen (secondary N) is 1. The van der Waals surface area contributed by atoms with Crippen LogP contribution in [0.3, 0.4) is 0 Å². The molecule has 0 amide bonds. The third-order valence-electron chi connectivity index (χ3n) is 3.31. The lowest BCUT2D eigenvalue weighted by Gasteiger charge is -2.21. The first-order valence-electron chi connectivity index (χ1n) is 7.94. The molecule has 0 atom stereocenters. The molecule has 21 heavy (non-hydrogen) atoms. The topological polar surface area (TPSA) is 50.3 Å². The third kappa shape index (κ3) is 6.40. The van der Waals surface area contributed by atoms with E-state index in [0.717, 1.165) is 44.4 Å². The van der Waals surface area contributed by atoms with E-state index >= 15 is 0 Å². The number of likely N-dealkylation sites (N-methyl/N-ethyl adjacent to an activating group) is 1. The molecule has 120 valence electrons. The lowest BCUT2D eigenvalue weighted by molar-refractivity contribution is 0.153. The molecule has 0 aliphatic heterocycles. The number of nitrogens with zero attached hydrogens (tertiary/aromatic N) is 3. The second-order valence-corrected chi connectivity index (χ2v) is 5.58. The number of hydrogen-bond donors (Lipinski definition) is 1. The van der Waals surface area contributed by atoms with Crippen LogP contribution in [0.15, 0.2) is 6.20 Å². The Morgan fingerprint density at radius 2 is 2.10 bits per heavy atom. The van der Waals surface area contributed by atoms with Gasteiger partial charge in [0.25, 0.3) is 0 Å². The second-order valence-electron chi connectivity index (χ2n) is 5.58. The maximum absolute atomic E-state index is 5.41. The van der Waals surface area contributed by atoms with Crippen molar-refractivity contribution in [3.63, 3.8) is 0 Å². The van der Waals surface area contributed by atoms with Crippen LogP contribution in [-0.4, -0.2) is 42.8 Å². The Kier molecular flexibility index (Phi) is 8.23. The molecule has 0 aromatic carbocycles. The predicted octanol–water partition coefficient (Wildman–Crippen LogP) is 2.39. The van der Waals surface area contributed by atoms with Gasteiger partial charge in [-0.3, -0.25) is 0 Å². The van der Waals surface area contributed by atoms with Gasteiger partial charge >= 0.3 is 0 Å². The van der Waals surface area contributed by atoms with Crippen molar-refractivity contribution in [2.24, 2.45) is 5.92 Å². The van der Waals surface area contributed by atoms with E-state index < -0.39 is 0 Å². The molecule has 0 bridgehead atoms. The highest BCUT2D eigenvalue weighted by molar-refractivity contribution is 5.32. The Balaban J connectivity index is 2.62. The van der Waals surface area contributed by atoms with E-state index in [2.05, 4.69) is 41.0 Å². The van der Waals surface area contributed by atoms with Crippen molar-refractivity contribution in [2.75, 3.05) is 37.7 Å². The summed E-state index contributed by atoms with van der Waals surface area (Å²) in [6.45, 7) is 15.6. The molecular formula is C16H30N4O. The largest absolute Gasteiger partial charge is 0.380 e. The monoisotopic (exact) mass is 294 g/mol. The van der Waals surface area contributed by atoms with E-state index in [0.29, 0.717) is 12.5 Å². The summed E-state index contributed by atoms with van der Waals surface area (Å²) >= 11 is 0. The molecule has 0 spiro atoms. The summed E-state index contributed by atoms with van der Waals surface area (Å²) in [5.41, 5.74) is 2.21. The van der Waals surface area contributed by atoms with Crippen LogP contribution in [0.4, 0.5) is 5.95 Å². The van der Waals surface area contributed by atoms with Crippen molar-refractivity contribution >= 4 is 5.95 Å². The number of anilines is 1. The van der Waals surface area contributed by atoms with Crippen LogP contribution in [0.1, 0.15) is 39.0 Å². The third-order valence-corrected chi connectivity index (χ3v) is 3.31. The van der Waals surface area contributed by atoms with Crippen molar-refractivity contribution in [1.82, 2.24) is 15.3 Å². The molecule has 1 N–H and O–H groups in total. The first kappa shape index (κ1) is 17.9. The van der Waals surface area contributed by atoms with Gasteiger partial charge < -0.3 is 15.0 Å². The molecule has 5 nitrogen and oxygen atoms in total. The molecule has 1 heterocycles. The fourth-order valence-corrected chi connectivity index (χ4v) is 2.02. The quantitative estimate of drug-likeness (QED) is 0.672. The zero-order valence-electron chi connectivity index (χ0n) is 14.1. The summed E-state index contributed by atoms with van der Waals surface area (Å²) in [7, 11) is 0. The number of rotatable bonds is 10. The molecule has 0 saturated heterocycles. The highest BCUT2D eigenvalue weighted by atomic mass is 16.5. The Labute approximate surface area is 129 Å². The summed E-state index contributed by atoms with van der Waals surface area (Å²) in [5.74, 6) is 1.45. The number of aromatic nitrogens is 2. The average Bonchev–Trinajstić information content (AvgIpc) is 2.45. The minimum Gasteiger partial charge on any atom is -0.380 e. The van der Waals surface area contributed by atoms with E-state index in [1.165, 1.54) is 5.56 Å². The van der Waals surface area contributed by atoms with E-state index in [1.807, 2.05) is 20.0 Å². The molecule has 0 radical (unpaired) electrons. The summed E-state index contributed by atoms with van der Waals surface area (Å²) in [4.78, 5) is 11.3. The fourth-order valence-electron chi connectivity index (χ4n) is 2.02. The molecule has 1 rings (SSSR count). The summed E-state index contributed by atoms with van der Waals surface area (Å²) in [6, 6.07) is 0. The van der Waals surface area contributed by atoms with Crippen LogP contribution in [-0.2, 0) is 11.3 Å². The molecule has 0 saturated carbocycles. The van der Waals surface area contributed by atoms with Gasteiger partial charge in [0.05, 0.1) is 6.61 Å². The molecule has 0 aliphatic rings. The summed E-state index contributed by atoms with van der Waals surface area (Å²) < 4.78 is 5.41. The van der Waals surface area contributed by atoms with Crippen LogP contribution in [0.25, 0.3) is 0 Å². The van der Waals surface area contributed by atoms with Gasteiger partial charge in [0, 0.05) is 43.7 Å². The first-order chi connectivity index (χ1) is 10.1. The molecule has 0 fully saturated rings. The highest BCUT2D eigenvalue weighted by Gasteiger charge is 2.09. The SMILES string of the molecule is CCOCCN(CC)c1ncc(CNCC(C)C)c(C)n1. The minimum absolute atomic E-state index is 0.652. The Bertz CT molecular complexity index is 409. The van der Waals surface area contributed by atoms with Crippen molar-refractivity contribution in [3.05, 3.63) is 17.5 Å². The number of aryl methyl sites for hydroxylation is 1. The molecular weight excluding hydrogens is 264 g/mol. The van der Waals surface area contributed by atoms with Gasteiger partial charge in [0.15, 0.2) is 0 Å². The fraction of sp³-hybridized carbons (Fsp3) is 0.750. The molecule has 5 heteroatoms. The maximum Gasteiger partial charge on any atom is 0.225 e. The average molecular weight is 294 g/mol. The smallest absolute Gasteiger partial charge is 0.225 e. The number of hydrogen-bond acceptors (Lipinski definition) is 5. The van der Waals surface area contributed by atoms with Crippen molar-refractivity contribution < 1.29 is 4.74 Å². The van der Waals surface area contributed by atoms with Gasteiger partial charge in [-0.05, 0) is 33.2 Å². The minimum atomic E-state index is 0.652. The zero-order chi connectivity index (χ0) is 15.7. The highest BCUT2D eigenvalue weighted by Crippen LogP contribution is 2.11. The lowest BCUT2D eigenvalue weighted by Crippen LogP contribution is -2.29. The lowest BCUT2D eigenvalue weighted by atomic mass is 10.2. The van der Waals surface area contributed by atoms with Crippen molar-refractivity contribution in [2.45, 2.75) is 41.2 Å². The number of ether oxygens (including phenoxy) is 1. The Morgan fingerprint density at radius 3 is 2.67 bits per heavy atom. The van der Waals surface area contributed by atoms with Crippen LogP contribution in [0.2, 0.25) is 0 Å². The molecule has 1 aromatic heterocycles. The predicted molar refractivity (Wildman–Crippen MR) is 87.7 cm³/mol. The van der Waals surface area contributed by atoms with Gasteiger partial charge in [0.1, 0.15) is 0 Å².